The van der Waals surface area contributed by atoms with Gasteiger partial charge >= 0.3 is 0 Å². The van der Waals surface area contributed by atoms with E-state index >= 15 is 0 Å². The summed E-state index contributed by atoms with van der Waals surface area (Å²) in [4.78, 5) is 12.3. The molecule has 1 saturated carbocycles. The predicted molar refractivity (Wildman–Crippen MR) is 152 cm³/mol. The van der Waals surface area contributed by atoms with Crippen molar-refractivity contribution in [2.45, 2.75) is 90.4 Å². The summed E-state index contributed by atoms with van der Waals surface area (Å²) < 4.78 is 12.1. The molecule has 3 N–H and O–H groups in total. The second kappa shape index (κ2) is 12.4. The van der Waals surface area contributed by atoms with Gasteiger partial charge in [0.2, 0.25) is 5.91 Å². The zero-order chi connectivity index (χ0) is 27.2. The molecule has 37 heavy (non-hydrogen) atoms. The molecule has 204 valence electrons. The summed E-state index contributed by atoms with van der Waals surface area (Å²) in [6.07, 6.45) is 15.4. The number of fused-ring (bicyclic) bond motifs is 1. The maximum atomic E-state index is 12.3. The van der Waals surface area contributed by atoms with Gasteiger partial charge in [-0.3, -0.25) is 4.79 Å². The van der Waals surface area contributed by atoms with Crippen LogP contribution in [-0.2, 0) is 10.2 Å². The van der Waals surface area contributed by atoms with E-state index < -0.39 is 0 Å². The molecule has 0 unspecified atom stereocenters. The number of hydrogen-bond acceptors (Lipinski definition) is 4. The molecule has 1 fully saturated rings. The molecule has 0 radical (unpaired) electrons. The van der Waals surface area contributed by atoms with Gasteiger partial charge in [-0.2, -0.15) is 0 Å². The van der Waals surface area contributed by atoms with Crippen molar-refractivity contribution in [3.8, 4) is 23.8 Å². The maximum absolute atomic E-state index is 12.3. The lowest BCUT2D eigenvalue weighted by atomic mass is 9.45. The van der Waals surface area contributed by atoms with Gasteiger partial charge in [0.05, 0.1) is 14.2 Å². The van der Waals surface area contributed by atoms with E-state index in [1.54, 1.807) is 14.2 Å². The quantitative estimate of drug-likeness (QED) is 0.181. The van der Waals surface area contributed by atoms with Crippen LogP contribution in [0.15, 0.2) is 23.8 Å². The number of amides is 1. The van der Waals surface area contributed by atoms with E-state index in [-0.39, 0.29) is 22.7 Å². The molecule has 1 aromatic carbocycles. The molecule has 0 aromatic heterocycles. The number of rotatable bonds is 14. The Labute approximate surface area is 224 Å². The second-order valence-electron chi connectivity index (χ2n) is 12.1. The molecular weight excluding hydrogens is 460 g/mol. The minimum Gasteiger partial charge on any atom is -0.496 e. The number of terminal acetylenes is 1. The van der Waals surface area contributed by atoms with Gasteiger partial charge < -0.3 is 20.5 Å². The van der Waals surface area contributed by atoms with E-state index in [2.05, 4.69) is 57.1 Å². The van der Waals surface area contributed by atoms with Gasteiger partial charge in [0, 0.05) is 30.9 Å². The third-order valence-corrected chi connectivity index (χ3v) is 9.02. The smallest absolute Gasteiger partial charge is 0.221 e. The maximum Gasteiger partial charge on any atom is 0.221 e. The molecule has 0 spiro atoms. The highest BCUT2D eigenvalue weighted by Crippen LogP contribution is 2.65. The highest BCUT2D eigenvalue weighted by atomic mass is 16.5. The van der Waals surface area contributed by atoms with E-state index in [4.69, 9.17) is 21.6 Å². The highest BCUT2D eigenvalue weighted by Gasteiger charge is 2.56. The first-order valence-electron chi connectivity index (χ1n) is 14.0. The van der Waals surface area contributed by atoms with Gasteiger partial charge in [-0.25, -0.2) is 0 Å². The monoisotopic (exact) mass is 508 g/mol. The summed E-state index contributed by atoms with van der Waals surface area (Å²) in [5, 5.41) is 3.10. The van der Waals surface area contributed by atoms with Crippen molar-refractivity contribution >= 4 is 5.91 Å². The minimum absolute atomic E-state index is 0.0128. The SMILES string of the molecule is C#CCCC(=O)NCC1=C[C@H](c2c(OC)cc(C(C)(C)CCCCCCN)cc2OC)[C@@H]2C[C@H]1C2(C)C. The van der Waals surface area contributed by atoms with Gasteiger partial charge in [0.1, 0.15) is 11.5 Å². The molecule has 0 heterocycles. The van der Waals surface area contributed by atoms with Crippen molar-refractivity contribution < 1.29 is 14.3 Å². The zero-order valence-corrected chi connectivity index (χ0v) is 23.9. The number of hydrogen-bond donors (Lipinski definition) is 2. The fourth-order valence-corrected chi connectivity index (χ4v) is 6.47. The third kappa shape index (κ3) is 6.34. The Morgan fingerprint density at radius 2 is 1.81 bits per heavy atom. The van der Waals surface area contributed by atoms with Gasteiger partial charge in [-0.05, 0) is 66.2 Å². The van der Waals surface area contributed by atoms with E-state index in [9.17, 15) is 4.79 Å². The van der Waals surface area contributed by atoms with Crippen molar-refractivity contribution in [3.63, 3.8) is 0 Å². The Morgan fingerprint density at radius 1 is 1.16 bits per heavy atom. The predicted octanol–water partition coefficient (Wildman–Crippen LogP) is 6.11. The van der Waals surface area contributed by atoms with Crippen LogP contribution in [0, 0.1) is 29.6 Å². The number of carbonyl (C=O) groups excluding carboxylic acids is 1. The van der Waals surface area contributed by atoms with Crippen LogP contribution in [0.5, 0.6) is 11.5 Å². The van der Waals surface area contributed by atoms with Gasteiger partial charge in [0.15, 0.2) is 0 Å². The Hall–Kier alpha value is -2.45. The first-order chi connectivity index (χ1) is 17.6. The molecule has 3 atom stereocenters. The average Bonchev–Trinajstić information content (AvgIpc) is 2.89. The Balaban J connectivity index is 1.90. The number of benzene rings is 1. The van der Waals surface area contributed by atoms with Gasteiger partial charge in [0.25, 0.3) is 0 Å². The normalized spacial score (nSPS) is 21.9. The minimum atomic E-state index is 0.0128. The Morgan fingerprint density at radius 3 is 2.38 bits per heavy atom. The number of nitrogens with one attached hydrogen (secondary N) is 1. The molecule has 5 nitrogen and oxygen atoms in total. The molecule has 3 aliphatic carbocycles. The van der Waals surface area contributed by atoms with E-state index in [0.717, 1.165) is 42.9 Å². The molecule has 5 heteroatoms. The fraction of sp³-hybridized carbons (Fsp3) is 0.656. The van der Waals surface area contributed by atoms with Gasteiger partial charge in [-0.15, -0.1) is 12.3 Å². The lowest BCUT2D eigenvalue weighted by Gasteiger charge is -2.59. The molecule has 2 bridgehead atoms. The number of allylic oxidation sites excluding steroid dienone is 1. The molecule has 0 aliphatic heterocycles. The van der Waals surface area contributed by atoms with Crippen LogP contribution in [0.4, 0.5) is 0 Å². The van der Waals surface area contributed by atoms with Crippen molar-refractivity contribution in [1.29, 1.82) is 0 Å². The number of ether oxygens (including phenoxy) is 2. The van der Waals surface area contributed by atoms with Crippen LogP contribution in [0.25, 0.3) is 0 Å². The highest BCUT2D eigenvalue weighted by molar-refractivity contribution is 5.76. The summed E-state index contributed by atoms with van der Waals surface area (Å²) in [5.74, 6) is 5.51. The summed E-state index contributed by atoms with van der Waals surface area (Å²) in [7, 11) is 3.52. The average molecular weight is 509 g/mol. The van der Waals surface area contributed by atoms with Crippen LogP contribution in [0.2, 0.25) is 0 Å². The molecule has 1 amide bonds. The number of unbranched alkanes of at least 4 members (excludes halogenated alkanes) is 3. The van der Waals surface area contributed by atoms with Crippen LogP contribution in [0.1, 0.15) is 96.1 Å². The van der Waals surface area contributed by atoms with Crippen LogP contribution in [-0.4, -0.2) is 33.2 Å². The summed E-state index contributed by atoms with van der Waals surface area (Å²) in [6.45, 7) is 10.7. The molecular formula is C32H48N2O3. The second-order valence-corrected chi connectivity index (χ2v) is 12.1. The lowest BCUT2D eigenvalue weighted by molar-refractivity contribution is -0.121. The van der Waals surface area contributed by atoms with Crippen molar-refractivity contribution in [3.05, 3.63) is 34.9 Å². The third-order valence-electron chi connectivity index (χ3n) is 9.02. The van der Waals surface area contributed by atoms with Gasteiger partial charge in [-0.1, -0.05) is 58.6 Å². The van der Waals surface area contributed by atoms with Crippen molar-refractivity contribution in [2.75, 3.05) is 27.3 Å². The fourth-order valence-electron chi connectivity index (χ4n) is 6.47. The zero-order valence-electron chi connectivity index (χ0n) is 23.9. The first-order valence-corrected chi connectivity index (χ1v) is 14.0. The van der Waals surface area contributed by atoms with E-state index in [0.29, 0.717) is 31.2 Å². The topological polar surface area (TPSA) is 73.6 Å². The summed E-state index contributed by atoms with van der Waals surface area (Å²) in [5.41, 5.74) is 9.49. The molecule has 0 saturated heterocycles. The Bertz CT molecular complexity index is 992. The van der Waals surface area contributed by atoms with Crippen LogP contribution in [0.3, 0.4) is 0 Å². The lowest BCUT2D eigenvalue weighted by Crippen LogP contribution is -2.52. The molecule has 4 rings (SSSR count). The van der Waals surface area contributed by atoms with Crippen LogP contribution >= 0.6 is 0 Å². The largest absolute Gasteiger partial charge is 0.496 e. The summed E-state index contributed by atoms with van der Waals surface area (Å²) in [6, 6.07) is 4.45. The van der Waals surface area contributed by atoms with Crippen molar-refractivity contribution in [1.82, 2.24) is 5.32 Å². The Kier molecular flexibility index (Phi) is 9.75. The standard InChI is InChI=1S/C32H48N2O3/c1-8-9-14-29(35)34-21-22-17-24(26-20-25(22)32(26,4)5)30-27(36-6)18-23(19-28(30)37-7)31(2,3)15-12-10-11-13-16-33/h1,17-19,24-26H,9-16,20-21,33H2,2-7H3,(H,34,35)/t24-,25+,26-/m0/s1. The first kappa shape index (κ1) is 29.1. The number of methoxy groups -OCH3 is 2. The number of carbonyl (C=O) groups is 1. The molecule has 1 aromatic rings. The van der Waals surface area contributed by atoms with E-state index in [1.807, 2.05) is 0 Å². The summed E-state index contributed by atoms with van der Waals surface area (Å²) >= 11 is 0. The van der Waals surface area contributed by atoms with Crippen molar-refractivity contribution in [2.24, 2.45) is 23.0 Å². The molecule has 3 aliphatic rings. The van der Waals surface area contributed by atoms with Crippen LogP contribution < -0.4 is 20.5 Å². The van der Waals surface area contributed by atoms with E-state index in [1.165, 1.54) is 30.4 Å². The number of nitrogens with two attached hydrogens (primary N) is 1.